The van der Waals surface area contributed by atoms with Gasteiger partial charge in [-0.15, -0.1) is 0 Å². The summed E-state index contributed by atoms with van der Waals surface area (Å²) in [6.45, 7) is 2.38. The van der Waals surface area contributed by atoms with Crippen LogP contribution in [0.3, 0.4) is 0 Å². The van der Waals surface area contributed by atoms with E-state index in [9.17, 15) is 40.4 Å². The SMILES string of the molecule is CC(C)C[C@@H](C(N)=O)N(CC#N)[C@@H](c1ccc(-c2ccc(S(C)(=O)=O)cc2)cc1)C(F)(F)C(F)(F)F. The molecule has 6 nitrogen and oxygen atoms in total. The minimum atomic E-state index is -5.98. The van der Waals surface area contributed by atoms with Gasteiger partial charge in [0.15, 0.2) is 9.84 Å². The molecule has 2 aromatic rings. The summed E-state index contributed by atoms with van der Waals surface area (Å²) in [7, 11) is -3.45. The maximum atomic E-state index is 14.9. The maximum Gasteiger partial charge on any atom is 0.455 e. The van der Waals surface area contributed by atoms with Gasteiger partial charge in [-0.05, 0) is 41.2 Å². The van der Waals surface area contributed by atoms with Gasteiger partial charge in [0.1, 0.15) is 6.04 Å². The summed E-state index contributed by atoms with van der Waals surface area (Å²) in [5.74, 6) is -6.74. The predicted octanol–water partition coefficient (Wildman–Crippen LogP) is 4.72. The number of halogens is 5. The van der Waals surface area contributed by atoms with Crippen molar-refractivity contribution in [2.24, 2.45) is 11.7 Å². The Bertz CT molecular complexity index is 1210. The zero-order valence-electron chi connectivity index (χ0n) is 19.8. The molecule has 0 saturated carbocycles. The lowest BCUT2D eigenvalue weighted by molar-refractivity contribution is -0.306. The second kappa shape index (κ2) is 10.9. The molecule has 0 radical (unpaired) electrons. The standard InChI is InChI=1S/C24H26F5N3O3S/c1-15(2)14-20(22(31)33)32(13-12-30)21(23(25,26)24(27,28)29)18-6-4-16(5-7-18)17-8-10-19(11-9-17)36(3,34)35/h4-11,15,20-21H,13-14H2,1-3H3,(H2,31,33)/t20-,21-/m0/s1. The van der Waals surface area contributed by atoms with Crippen LogP contribution in [0.4, 0.5) is 22.0 Å². The van der Waals surface area contributed by atoms with Crippen LogP contribution in [0, 0.1) is 17.2 Å². The second-order valence-electron chi connectivity index (χ2n) is 8.82. The van der Waals surface area contributed by atoms with E-state index in [1.807, 2.05) is 0 Å². The molecule has 0 unspecified atom stereocenters. The van der Waals surface area contributed by atoms with E-state index in [4.69, 9.17) is 5.73 Å². The van der Waals surface area contributed by atoms with Crippen molar-refractivity contribution in [3.63, 3.8) is 0 Å². The molecule has 0 fully saturated rings. The fourth-order valence-electron chi connectivity index (χ4n) is 3.84. The molecule has 36 heavy (non-hydrogen) atoms. The zero-order valence-corrected chi connectivity index (χ0v) is 20.6. The van der Waals surface area contributed by atoms with Gasteiger partial charge >= 0.3 is 12.1 Å². The minimum Gasteiger partial charge on any atom is -0.368 e. The Hall–Kier alpha value is -3.04. The summed E-state index contributed by atoms with van der Waals surface area (Å²) in [6, 6.07) is 7.68. The van der Waals surface area contributed by atoms with Gasteiger partial charge in [-0.3, -0.25) is 9.69 Å². The molecule has 2 aromatic carbocycles. The first-order valence-corrected chi connectivity index (χ1v) is 12.7. The van der Waals surface area contributed by atoms with Gasteiger partial charge in [-0.2, -0.15) is 27.2 Å². The predicted molar refractivity (Wildman–Crippen MR) is 123 cm³/mol. The minimum absolute atomic E-state index is 0.0579. The number of hydrogen-bond acceptors (Lipinski definition) is 5. The number of nitrogens with two attached hydrogens (primary N) is 1. The first-order valence-electron chi connectivity index (χ1n) is 10.8. The van der Waals surface area contributed by atoms with E-state index in [0.29, 0.717) is 16.0 Å². The Morgan fingerprint density at radius 1 is 1.00 bits per heavy atom. The molecule has 2 N–H and O–H groups in total. The quantitative estimate of drug-likeness (QED) is 0.353. The molecule has 0 bridgehead atoms. The highest BCUT2D eigenvalue weighted by molar-refractivity contribution is 7.90. The van der Waals surface area contributed by atoms with Gasteiger partial charge in [0.2, 0.25) is 5.91 Å². The topological polar surface area (TPSA) is 104 Å². The number of carbonyl (C=O) groups excluding carboxylic acids is 1. The van der Waals surface area contributed by atoms with E-state index in [1.165, 1.54) is 36.4 Å². The molecular weight excluding hydrogens is 505 g/mol. The Balaban J connectivity index is 2.62. The van der Waals surface area contributed by atoms with E-state index in [2.05, 4.69) is 0 Å². The lowest BCUT2D eigenvalue weighted by atomic mass is 9.92. The van der Waals surface area contributed by atoms with Gasteiger partial charge in [0.05, 0.1) is 23.6 Å². The number of hydrogen-bond donors (Lipinski definition) is 1. The molecule has 0 aliphatic rings. The van der Waals surface area contributed by atoms with Gasteiger partial charge < -0.3 is 5.73 Å². The second-order valence-corrected chi connectivity index (χ2v) is 10.8. The van der Waals surface area contributed by atoms with E-state index >= 15 is 0 Å². The number of amides is 1. The van der Waals surface area contributed by atoms with Crippen molar-refractivity contribution in [3.05, 3.63) is 54.1 Å². The van der Waals surface area contributed by atoms with Crippen LogP contribution in [0.1, 0.15) is 31.9 Å². The Labute approximate surface area is 206 Å². The highest BCUT2D eigenvalue weighted by Gasteiger charge is 2.65. The summed E-state index contributed by atoms with van der Waals surface area (Å²) in [4.78, 5) is 12.7. The van der Waals surface area contributed by atoms with Crippen LogP contribution in [0.15, 0.2) is 53.4 Å². The number of sulfone groups is 1. The summed E-state index contributed by atoms with van der Waals surface area (Å²) >= 11 is 0. The van der Waals surface area contributed by atoms with E-state index in [-0.39, 0.29) is 17.2 Å². The van der Waals surface area contributed by atoms with Gasteiger partial charge in [0.25, 0.3) is 0 Å². The normalized spacial score (nSPS) is 14.5. The highest BCUT2D eigenvalue weighted by Crippen LogP contribution is 2.48. The lowest BCUT2D eigenvalue weighted by Gasteiger charge is -2.40. The molecule has 12 heteroatoms. The number of benzene rings is 2. The van der Waals surface area contributed by atoms with Crippen molar-refractivity contribution in [3.8, 4) is 17.2 Å². The molecule has 0 aromatic heterocycles. The van der Waals surface area contributed by atoms with Crippen LogP contribution >= 0.6 is 0 Å². The molecule has 0 heterocycles. The van der Waals surface area contributed by atoms with E-state index < -0.39 is 52.0 Å². The van der Waals surface area contributed by atoms with Crippen LogP contribution in [-0.4, -0.2) is 50.2 Å². The zero-order chi connectivity index (χ0) is 27.5. The third-order valence-corrected chi connectivity index (χ3v) is 6.70. The van der Waals surface area contributed by atoms with E-state index in [1.54, 1.807) is 19.9 Å². The number of primary amides is 1. The number of nitrogens with zero attached hydrogens (tertiary/aromatic N) is 2. The first-order chi connectivity index (χ1) is 16.5. The average molecular weight is 532 g/mol. The van der Waals surface area contributed by atoms with Crippen molar-refractivity contribution in [2.75, 3.05) is 12.8 Å². The lowest BCUT2D eigenvalue weighted by Crippen LogP contribution is -2.56. The van der Waals surface area contributed by atoms with Crippen molar-refractivity contribution in [1.82, 2.24) is 4.90 Å². The Morgan fingerprint density at radius 2 is 1.47 bits per heavy atom. The van der Waals surface area contributed by atoms with E-state index in [0.717, 1.165) is 18.4 Å². The number of carbonyl (C=O) groups is 1. The largest absolute Gasteiger partial charge is 0.455 e. The number of rotatable bonds is 10. The molecule has 0 spiro atoms. The molecule has 0 aliphatic heterocycles. The molecule has 0 aliphatic carbocycles. The van der Waals surface area contributed by atoms with Crippen LogP contribution in [0.2, 0.25) is 0 Å². The smallest absolute Gasteiger partial charge is 0.368 e. The highest BCUT2D eigenvalue weighted by atomic mass is 32.2. The molecular formula is C24H26F5N3O3S. The molecule has 196 valence electrons. The molecule has 2 atom stereocenters. The molecule has 2 rings (SSSR count). The molecule has 1 amide bonds. The maximum absolute atomic E-state index is 14.9. The number of nitriles is 1. The number of alkyl halides is 5. The van der Waals surface area contributed by atoms with Crippen molar-refractivity contribution in [2.45, 2.75) is 49.3 Å². The fourth-order valence-corrected chi connectivity index (χ4v) is 4.47. The first kappa shape index (κ1) is 29.2. The van der Waals surface area contributed by atoms with Gasteiger partial charge in [-0.1, -0.05) is 50.2 Å². The monoisotopic (exact) mass is 531 g/mol. The summed E-state index contributed by atoms with van der Waals surface area (Å²) < 4.78 is 93.7. The third kappa shape index (κ3) is 6.59. The van der Waals surface area contributed by atoms with Crippen LogP contribution < -0.4 is 5.73 Å². The Morgan fingerprint density at radius 3 is 1.83 bits per heavy atom. The van der Waals surface area contributed by atoms with Crippen LogP contribution in [-0.2, 0) is 14.6 Å². The van der Waals surface area contributed by atoms with Gasteiger partial charge in [-0.25, -0.2) is 8.42 Å². The average Bonchev–Trinajstić information content (AvgIpc) is 2.76. The van der Waals surface area contributed by atoms with Crippen LogP contribution in [0.25, 0.3) is 11.1 Å². The van der Waals surface area contributed by atoms with Crippen LogP contribution in [0.5, 0.6) is 0 Å². The summed E-state index contributed by atoms with van der Waals surface area (Å²) in [5.41, 5.74) is 5.82. The summed E-state index contributed by atoms with van der Waals surface area (Å²) in [5, 5.41) is 9.23. The Kier molecular flexibility index (Phi) is 8.86. The molecule has 0 saturated heterocycles. The van der Waals surface area contributed by atoms with Crippen molar-refractivity contribution in [1.29, 1.82) is 5.26 Å². The van der Waals surface area contributed by atoms with Crippen molar-refractivity contribution < 1.29 is 35.2 Å². The fraction of sp³-hybridized carbons (Fsp3) is 0.417. The van der Waals surface area contributed by atoms with Gasteiger partial charge in [0, 0.05) is 6.26 Å². The third-order valence-electron chi connectivity index (χ3n) is 5.57. The van der Waals surface area contributed by atoms with Crippen molar-refractivity contribution >= 4 is 15.7 Å². The summed E-state index contributed by atoms with van der Waals surface area (Å²) in [6.07, 6.45) is -5.08.